The van der Waals surface area contributed by atoms with E-state index in [1.165, 1.54) is 4.90 Å². The van der Waals surface area contributed by atoms with E-state index in [1.807, 2.05) is 23.1 Å². The van der Waals surface area contributed by atoms with E-state index in [2.05, 4.69) is 30.4 Å². The molecule has 0 aromatic heterocycles. The number of benzene rings is 1. The van der Waals surface area contributed by atoms with Crippen molar-refractivity contribution in [2.75, 3.05) is 6.54 Å². The molecular formula is C27H28N2O3. The molecule has 7 rings (SSSR count). The zero-order valence-electron chi connectivity index (χ0n) is 18.1. The molecular weight excluding hydrogens is 400 g/mol. The first-order valence-corrected chi connectivity index (χ1v) is 12.2. The maximum Gasteiger partial charge on any atom is 0.234 e. The van der Waals surface area contributed by atoms with Crippen LogP contribution in [-0.4, -0.2) is 34.1 Å². The molecule has 6 aliphatic rings. The smallest absolute Gasteiger partial charge is 0.234 e. The lowest BCUT2D eigenvalue weighted by molar-refractivity contribution is -0.141. The SMILES string of the molecule is O=C1C2C3C=CC(C3)C2CN1Cc1cccc(CN2C(=O)C3CC4CC=CC4C3C2=O)c1. The maximum absolute atomic E-state index is 13.1. The number of nitrogens with zero attached hydrogens (tertiary/aromatic N) is 2. The van der Waals surface area contributed by atoms with Gasteiger partial charge in [0.05, 0.1) is 18.4 Å². The predicted octanol–water partition coefficient (Wildman–Crippen LogP) is 3.16. The van der Waals surface area contributed by atoms with Gasteiger partial charge in [-0.2, -0.15) is 0 Å². The number of imide groups is 1. The summed E-state index contributed by atoms with van der Waals surface area (Å²) in [6, 6.07) is 8.09. The van der Waals surface area contributed by atoms with E-state index in [4.69, 9.17) is 0 Å². The van der Waals surface area contributed by atoms with Gasteiger partial charge in [-0.1, -0.05) is 48.6 Å². The number of allylic oxidation sites excluding steroid dienone is 4. The topological polar surface area (TPSA) is 57.7 Å². The van der Waals surface area contributed by atoms with Gasteiger partial charge in [0.15, 0.2) is 0 Å². The van der Waals surface area contributed by atoms with Crippen LogP contribution in [-0.2, 0) is 27.5 Å². The molecule has 2 saturated carbocycles. The van der Waals surface area contributed by atoms with Crippen molar-refractivity contribution in [1.29, 1.82) is 0 Å². The number of hydrogen-bond acceptors (Lipinski definition) is 3. The fourth-order valence-electron chi connectivity index (χ4n) is 7.83. The summed E-state index contributed by atoms with van der Waals surface area (Å²) in [6.45, 7) is 1.80. The van der Waals surface area contributed by atoms with Gasteiger partial charge in [-0.15, -0.1) is 0 Å². The Morgan fingerprint density at radius 3 is 2.50 bits per heavy atom. The van der Waals surface area contributed by atoms with Gasteiger partial charge < -0.3 is 4.90 Å². The third kappa shape index (κ3) is 2.54. The highest BCUT2D eigenvalue weighted by Crippen LogP contribution is 2.53. The summed E-state index contributed by atoms with van der Waals surface area (Å²) in [5, 5.41) is 0. The van der Waals surface area contributed by atoms with Crippen molar-refractivity contribution >= 4 is 17.7 Å². The molecule has 4 aliphatic carbocycles. The van der Waals surface area contributed by atoms with E-state index >= 15 is 0 Å². The lowest BCUT2D eigenvalue weighted by Gasteiger charge is -2.21. The van der Waals surface area contributed by atoms with E-state index in [1.54, 1.807) is 0 Å². The Labute approximate surface area is 188 Å². The van der Waals surface area contributed by atoms with Gasteiger partial charge in [0.2, 0.25) is 17.7 Å². The predicted molar refractivity (Wildman–Crippen MR) is 117 cm³/mol. The number of fused-ring (bicyclic) bond motifs is 8. The monoisotopic (exact) mass is 428 g/mol. The summed E-state index contributed by atoms with van der Waals surface area (Å²) in [5.74, 6) is 2.44. The molecule has 2 heterocycles. The molecule has 2 aliphatic heterocycles. The second-order valence-electron chi connectivity index (χ2n) is 10.8. The Hall–Kier alpha value is -2.69. The number of rotatable bonds is 4. The summed E-state index contributed by atoms with van der Waals surface area (Å²) < 4.78 is 0. The number of amides is 3. The highest BCUT2D eigenvalue weighted by Gasteiger charge is 2.57. The van der Waals surface area contributed by atoms with Crippen molar-refractivity contribution in [3.8, 4) is 0 Å². The molecule has 3 amide bonds. The molecule has 1 aromatic rings. The van der Waals surface area contributed by atoms with Gasteiger partial charge in [0, 0.05) is 19.0 Å². The Bertz CT molecular complexity index is 1090. The summed E-state index contributed by atoms with van der Waals surface area (Å²) in [6.07, 6.45) is 11.9. The summed E-state index contributed by atoms with van der Waals surface area (Å²) in [4.78, 5) is 42.7. The molecule has 0 radical (unpaired) electrons. The molecule has 8 atom stereocenters. The summed E-state index contributed by atoms with van der Waals surface area (Å²) in [5.41, 5.74) is 2.05. The minimum absolute atomic E-state index is 0.00924. The maximum atomic E-state index is 13.1. The Kier molecular flexibility index (Phi) is 3.92. The molecule has 0 spiro atoms. The van der Waals surface area contributed by atoms with Gasteiger partial charge >= 0.3 is 0 Å². The van der Waals surface area contributed by atoms with Crippen LogP contribution in [0.3, 0.4) is 0 Å². The van der Waals surface area contributed by atoms with Crippen LogP contribution < -0.4 is 0 Å². The molecule has 4 fully saturated rings. The first-order valence-electron chi connectivity index (χ1n) is 12.2. The van der Waals surface area contributed by atoms with Crippen LogP contribution in [0.2, 0.25) is 0 Å². The average Bonchev–Trinajstić information content (AvgIpc) is 3.59. The highest BCUT2D eigenvalue weighted by molar-refractivity contribution is 6.05. The highest BCUT2D eigenvalue weighted by atomic mass is 16.2. The Morgan fingerprint density at radius 2 is 1.66 bits per heavy atom. The van der Waals surface area contributed by atoms with Crippen LogP contribution in [0.4, 0.5) is 0 Å². The van der Waals surface area contributed by atoms with E-state index in [0.717, 1.165) is 36.9 Å². The zero-order valence-corrected chi connectivity index (χ0v) is 18.1. The minimum Gasteiger partial charge on any atom is -0.338 e. The van der Waals surface area contributed by atoms with Crippen LogP contribution in [0.25, 0.3) is 0 Å². The van der Waals surface area contributed by atoms with E-state index in [9.17, 15) is 14.4 Å². The quantitative estimate of drug-likeness (QED) is 0.547. The average molecular weight is 429 g/mol. The second kappa shape index (κ2) is 6.66. The van der Waals surface area contributed by atoms with Crippen molar-refractivity contribution in [2.24, 2.45) is 47.3 Å². The number of likely N-dealkylation sites (tertiary alicyclic amines) is 2. The van der Waals surface area contributed by atoms with Crippen molar-refractivity contribution in [2.45, 2.75) is 32.4 Å². The third-order valence-electron chi connectivity index (χ3n) is 9.24. The molecule has 164 valence electrons. The first kappa shape index (κ1) is 18.8. The largest absolute Gasteiger partial charge is 0.338 e. The zero-order chi connectivity index (χ0) is 21.6. The molecule has 1 aromatic carbocycles. The van der Waals surface area contributed by atoms with Crippen molar-refractivity contribution in [3.05, 3.63) is 59.7 Å². The van der Waals surface area contributed by atoms with E-state index < -0.39 is 0 Å². The first-order chi connectivity index (χ1) is 15.6. The van der Waals surface area contributed by atoms with Crippen LogP contribution in [0.5, 0.6) is 0 Å². The molecule has 5 nitrogen and oxygen atoms in total. The fourth-order valence-corrected chi connectivity index (χ4v) is 7.83. The standard InChI is InChI=1S/C27H28N2O3/c30-25-21-11-17-5-2-6-20(17)24(21)27(32)29(25)13-16-4-1-3-15(9-16)12-28-14-22-18-7-8-19(10-18)23(22)26(28)31/h1-4,6-9,17-24H,5,10-14H2. The minimum atomic E-state index is -0.153. The second-order valence-corrected chi connectivity index (χ2v) is 10.8. The molecule has 5 heteroatoms. The Morgan fingerprint density at radius 1 is 0.844 bits per heavy atom. The lowest BCUT2D eigenvalue weighted by Crippen LogP contribution is -2.33. The van der Waals surface area contributed by atoms with Crippen molar-refractivity contribution < 1.29 is 14.4 Å². The number of carbonyl (C=O) groups excluding carboxylic acids is 3. The van der Waals surface area contributed by atoms with Crippen LogP contribution in [0, 0.1) is 47.3 Å². The number of carbonyl (C=O) groups is 3. The molecule has 0 N–H and O–H groups in total. The van der Waals surface area contributed by atoms with E-state index in [-0.39, 0.29) is 35.5 Å². The van der Waals surface area contributed by atoms with Crippen molar-refractivity contribution in [1.82, 2.24) is 9.80 Å². The van der Waals surface area contributed by atoms with Gasteiger partial charge in [0.1, 0.15) is 0 Å². The third-order valence-corrected chi connectivity index (χ3v) is 9.24. The molecule has 2 saturated heterocycles. The summed E-state index contributed by atoms with van der Waals surface area (Å²) >= 11 is 0. The van der Waals surface area contributed by atoms with E-state index in [0.29, 0.717) is 42.7 Å². The number of hydrogen-bond donors (Lipinski definition) is 0. The van der Waals surface area contributed by atoms with Gasteiger partial charge in [-0.05, 0) is 60.0 Å². The lowest BCUT2D eigenvalue weighted by atomic mass is 9.86. The molecule has 32 heavy (non-hydrogen) atoms. The molecule has 8 unspecified atom stereocenters. The Balaban J connectivity index is 1.06. The van der Waals surface area contributed by atoms with Crippen molar-refractivity contribution in [3.63, 3.8) is 0 Å². The van der Waals surface area contributed by atoms with Gasteiger partial charge in [0.25, 0.3) is 0 Å². The fraction of sp³-hybridized carbons (Fsp3) is 0.519. The van der Waals surface area contributed by atoms with Crippen LogP contribution in [0.15, 0.2) is 48.6 Å². The van der Waals surface area contributed by atoms with Crippen LogP contribution in [0.1, 0.15) is 30.4 Å². The normalized spacial score (nSPS) is 40.7. The molecule has 2 bridgehead atoms. The van der Waals surface area contributed by atoms with Crippen LogP contribution >= 0.6 is 0 Å². The van der Waals surface area contributed by atoms with Gasteiger partial charge in [-0.25, -0.2) is 0 Å². The summed E-state index contributed by atoms with van der Waals surface area (Å²) in [7, 11) is 0. The van der Waals surface area contributed by atoms with Gasteiger partial charge in [-0.3, -0.25) is 19.3 Å².